The number of nitrogens with zero attached hydrogens (tertiary/aromatic N) is 4. The summed E-state index contributed by atoms with van der Waals surface area (Å²) in [4.78, 5) is 42.6. The molecule has 0 saturated carbocycles. The Kier molecular flexibility index (Phi) is 4.20. The van der Waals surface area contributed by atoms with E-state index < -0.39 is 16.3 Å². The molecule has 118 valence electrons. The second kappa shape index (κ2) is 6.04. The number of nitrogens with one attached hydrogen (secondary N) is 2. The first-order valence-corrected chi connectivity index (χ1v) is 7.13. The molecular weight excluding hydrogens is 327 g/mol. The fraction of sp³-hybridized carbons (Fsp3) is 0.308. The van der Waals surface area contributed by atoms with Gasteiger partial charge in [0.05, 0.1) is 10.4 Å². The largest absolute Gasteiger partial charge is 1.00 e. The van der Waals surface area contributed by atoms with E-state index in [0.29, 0.717) is 11.1 Å². The smallest absolute Gasteiger partial charge is 0.366 e. The summed E-state index contributed by atoms with van der Waals surface area (Å²) in [5.74, 6) is 0. The van der Waals surface area contributed by atoms with Gasteiger partial charge >= 0.3 is 40.9 Å². The number of anilines is 1. The summed E-state index contributed by atoms with van der Waals surface area (Å²) < 4.78 is 1.00. The Balaban J connectivity index is 0.00000169. The molecule has 0 spiro atoms. The first kappa shape index (κ1) is 16.7. The molecule has 2 aromatic heterocycles. The van der Waals surface area contributed by atoms with E-state index in [1.54, 1.807) is 6.07 Å². The Morgan fingerprint density at radius 1 is 1.21 bits per heavy atom. The van der Waals surface area contributed by atoms with Gasteiger partial charge in [-0.3, -0.25) is 10.1 Å². The van der Waals surface area contributed by atoms with Crippen LogP contribution in [0.5, 0.6) is 0 Å². The Morgan fingerprint density at radius 3 is 2.58 bits per heavy atom. The zero-order valence-electron chi connectivity index (χ0n) is 12.9. The third kappa shape index (κ3) is 2.52. The fourth-order valence-electron chi connectivity index (χ4n) is 3.04. The molecule has 1 aromatic carbocycles. The molecule has 10 nitrogen and oxygen atoms in total. The third-order valence-corrected chi connectivity index (χ3v) is 4.07. The van der Waals surface area contributed by atoms with Gasteiger partial charge in [-0.15, -0.1) is 0 Å². The van der Waals surface area contributed by atoms with Gasteiger partial charge in [0.1, 0.15) is 5.69 Å². The van der Waals surface area contributed by atoms with Crippen LogP contribution in [0, 0.1) is 10.1 Å². The second-order valence-electron chi connectivity index (χ2n) is 5.46. The maximum atomic E-state index is 11.9. The summed E-state index contributed by atoms with van der Waals surface area (Å²) in [6.45, 7) is 1.47. The van der Waals surface area contributed by atoms with Gasteiger partial charge in [0, 0.05) is 24.5 Å². The predicted molar refractivity (Wildman–Crippen MR) is 82.0 cm³/mol. The van der Waals surface area contributed by atoms with Crippen molar-refractivity contribution in [2.45, 2.75) is 12.8 Å². The average Bonchev–Trinajstić information content (AvgIpc) is 3.15. The molecule has 0 amide bonds. The van der Waals surface area contributed by atoms with Crippen LogP contribution in [0.25, 0.3) is 16.6 Å². The minimum absolute atomic E-state index is 0. The molecule has 0 aliphatic carbocycles. The first-order chi connectivity index (χ1) is 11.0. The van der Waals surface area contributed by atoms with Crippen molar-refractivity contribution in [2.75, 3.05) is 18.0 Å². The van der Waals surface area contributed by atoms with Crippen LogP contribution in [-0.4, -0.2) is 37.6 Å². The van der Waals surface area contributed by atoms with E-state index in [0.717, 1.165) is 30.4 Å². The van der Waals surface area contributed by atoms with Crippen LogP contribution in [0.2, 0.25) is 0 Å². The number of hydrogen-bond acceptors (Lipinski definition) is 6. The van der Waals surface area contributed by atoms with E-state index >= 15 is 0 Å². The van der Waals surface area contributed by atoms with Crippen LogP contribution in [0.15, 0.2) is 21.7 Å². The number of aromatic amines is 2. The number of nitro benzene ring substituents is 1. The average molecular weight is 339 g/mol. The molecule has 0 unspecified atom stereocenters. The molecule has 24 heavy (non-hydrogen) atoms. The van der Waals surface area contributed by atoms with Crippen LogP contribution >= 0.6 is 0 Å². The van der Waals surface area contributed by atoms with Crippen LogP contribution in [0.4, 0.5) is 11.4 Å². The standard InChI is InChI=1S/C13H12N6O4.Na/c20-12-15-11-7-5-9(17-3-1-2-4-17)10(19(22)23)6-8(7)14-13(21)18(11)16-12;/h5-6H,1-4H2,(H,14,21)(H,16,20);/q;+1. The summed E-state index contributed by atoms with van der Waals surface area (Å²) >= 11 is 0. The normalized spacial score (nSPS) is 14.2. The molecule has 11 heteroatoms. The van der Waals surface area contributed by atoms with Crippen molar-refractivity contribution in [3.05, 3.63) is 43.2 Å². The molecule has 1 fully saturated rings. The van der Waals surface area contributed by atoms with Crippen molar-refractivity contribution in [3.63, 3.8) is 0 Å². The second-order valence-corrected chi connectivity index (χ2v) is 5.46. The molecule has 3 aromatic rings. The molecular formula is C13H12N6NaO4+. The Morgan fingerprint density at radius 2 is 1.92 bits per heavy atom. The topological polar surface area (TPSA) is 129 Å². The minimum atomic E-state index is -0.649. The van der Waals surface area contributed by atoms with Gasteiger partial charge in [0.15, 0.2) is 5.65 Å². The van der Waals surface area contributed by atoms with Gasteiger partial charge in [0.25, 0.3) is 5.69 Å². The van der Waals surface area contributed by atoms with Gasteiger partial charge in [-0.2, -0.15) is 9.50 Å². The summed E-state index contributed by atoms with van der Waals surface area (Å²) in [6, 6.07) is 2.94. The zero-order chi connectivity index (χ0) is 16.1. The van der Waals surface area contributed by atoms with Gasteiger partial charge in [0.2, 0.25) is 0 Å². The number of aromatic nitrogens is 4. The summed E-state index contributed by atoms with van der Waals surface area (Å²) in [5.41, 5.74) is -0.420. The molecule has 2 N–H and O–H groups in total. The van der Waals surface area contributed by atoms with Gasteiger partial charge in [-0.25, -0.2) is 14.7 Å². The molecule has 1 aliphatic rings. The Bertz CT molecular complexity index is 1060. The Labute approximate surface area is 155 Å². The van der Waals surface area contributed by atoms with E-state index in [2.05, 4.69) is 15.1 Å². The van der Waals surface area contributed by atoms with Crippen molar-refractivity contribution in [2.24, 2.45) is 0 Å². The van der Waals surface area contributed by atoms with E-state index in [4.69, 9.17) is 0 Å². The molecule has 3 heterocycles. The first-order valence-electron chi connectivity index (χ1n) is 7.13. The van der Waals surface area contributed by atoms with Crippen LogP contribution in [0.1, 0.15) is 12.8 Å². The maximum absolute atomic E-state index is 11.9. The predicted octanol–water partition coefficient (Wildman–Crippen LogP) is -2.62. The van der Waals surface area contributed by atoms with Gasteiger partial charge in [-0.1, -0.05) is 0 Å². The Hall–Kier alpha value is -2.17. The fourth-order valence-corrected chi connectivity index (χ4v) is 3.04. The molecule has 4 rings (SSSR count). The molecule has 0 atom stereocenters. The number of nitro groups is 1. The number of rotatable bonds is 2. The zero-order valence-corrected chi connectivity index (χ0v) is 14.9. The van der Waals surface area contributed by atoms with Crippen LogP contribution in [0.3, 0.4) is 0 Å². The van der Waals surface area contributed by atoms with Crippen LogP contribution in [-0.2, 0) is 0 Å². The van der Waals surface area contributed by atoms with E-state index in [1.165, 1.54) is 6.07 Å². The van der Waals surface area contributed by atoms with Crippen molar-refractivity contribution < 1.29 is 34.5 Å². The van der Waals surface area contributed by atoms with E-state index in [-0.39, 0.29) is 46.4 Å². The van der Waals surface area contributed by atoms with Gasteiger partial charge in [-0.05, 0) is 18.9 Å². The SMILES string of the molecule is O=c1nc2c3cc(N4CCCC4)c([N+](=O)[O-])cc3[nH]c(=O)n2[nH]1.[Na+]. The van der Waals surface area contributed by atoms with E-state index in [9.17, 15) is 19.7 Å². The molecule has 1 saturated heterocycles. The maximum Gasteiger partial charge on any atom is 1.00 e. The minimum Gasteiger partial charge on any atom is -0.366 e. The summed E-state index contributed by atoms with van der Waals surface area (Å²) in [7, 11) is 0. The molecule has 0 radical (unpaired) electrons. The van der Waals surface area contributed by atoms with Crippen molar-refractivity contribution in [3.8, 4) is 0 Å². The molecule has 1 aliphatic heterocycles. The third-order valence-electron chi connectivity index (χ3n) is 4.07. The van der Waals surface area contributed by atoms with Crippen LogP contribution < -0.4 is 45.8 Å². The van der Waals surface area contributed by atoms with E-state index in [1.807, 2.05) is 4.90 Å². The van der Waals surface area contributed by atoms with Crippen molar-refractivity contribution >= 4 is 27.9 Å². The van der Waals surface area contributed by atoms with Crippen molar-refractivity contribution in [1.29, 1.82) is 0 Å². The monoisotopic (exact) mass is 339 g/mol. The summed E-state index contributed by atoms with van der Waals surface area (Å²) in [6.07, 6.45) is 1.94. The van der Waals surface area contributed by atoms with Crippen molar-refractivity contribution in [1.82, 2.24) is 19.6 Å². The number of fused-ring (bicyclic) bond motifs is 3. The summed E-state index contributed by atoms with van der Waals surface area (Å²) in [5, 5.41) is 14.2. The molecule has 0 bridgehead atoms. The number of hydrogen-bond donors (Lipinski definition) is 2. The quantitative estimate of drug-likeness (QED) is 0.299. The number of H-pyrrole nitrogens is 2. The number of benzene rings is 1. The van der Waals surface area contributed by atoms with Gasteiger partial charge < -0.3 is 9.88 Å².